The van der Waals surface area contributed by atoms with Gasteiger partial charge in [0.15, 0.2) is 0 Å². The largest absolute Gasteiger partial charge is 0.507 e. The molecule has 5 heteroatoms. The summed E-state index contributed by atoms with van der Waals surface area (Å²) < 4.78 is 10.3. The Morgan fingerprint density at radius 3 is 1.48 bits per heavy atom. The molecular weight excluding hydrogens is 416 g/mol. The zero-order valence-corrected chi connectivity index (χ0v) is 18.0. The van der Waals surface area contributed by atoms with Crippen LogP contribution in [-0.2, 0) is 22.7 Å². The summed E-state index contributed by atoms with van der Waals surface area (Å²) in [6.07, 6.45) is 0. The highest BCUT2D eigenvalue weighted by Gasteiger charge is 2.11. The molecule has 0 unspecified atom stereocenters. The molecule has 5 nitrogen and oxygen atoms in total. The molecule has 4 rings (SSSR count). The molecule has 0 fully saturated rings. The number of phenolic OH excluding ortho intramolecular Hbond substituents is 1. The first-order chi connectivity index (χ1) is 16.1. The quantitative estimate of drug-likeness (QED) is 0.384. The minimum Gasteiger partial charge on any atom is -0.507 e. The zero-order chi connectivity index (χ0) is 23.3. The summed E-state index contributed by atoms with van der Waals surface area (Å²) in [5, 5.41) is 9.48. The molecule has 0 amide bonds. The Morgan fingerprint density at radius 1 is 0.545 bits per heavy atom. The van der Waals surface area contributed by atoms with E-state index in [0.717, 1.165) is 11.1 Å². The average Bonchev–Trinajstić information content (AvgIpc) is 2.88. The van der Waals surface area contributed by atoms with Crippen LogP contribution in [0.4, 0.5) is 0 Å². The maximum Gasteiger partial charge on any atom is 0.342 e. The molecule has 0 bridgehead atoms. The van der Waals surface area contributed by atoms with Crippen molar-refractivity contribution in [2.75, 3.05) is 0 Å². The van der Waals surface area contributed by atoms with Crippen molar-refractivity contribution in [3.63, 3.8) is 0 Å². The van der Waals surface area contributed by atoms with Crippen molar-refractivity contribution in [3.05, 3.63) is 138 Å². The Hall–Kier alpha value is -4.38. The van der Waals surface area contributed by atoms with Crippen LogP contribution in [0.2, 0.25) is 0 Å². The number of carbonyl (C=O) groups is 2. The number of aromatic hydroxyl groups is 1. The molecule has 0 aliphatic carbocycles. The van der Waals surface area contributed by atoms with Crippen molar-refractivity contribution >= 4 is 11.9 Å². The molecule has 0 aliphatic heterocycles. The molecule has 33 heavy (non-hydrogen) atoms. The molecule has 0 radical (unpaired) electrons. The number of phenols is 1. The first-order valence-electron chi connectivity index (χ1n) is 10.4. The number of carbonyl (C=O) groups excluding carboxylic acids is 2. The van der Waals surface area contributed by atoms with Crippen molar-refractivity contribution in [1.29, 1.82) is 0 Å². The molecule has 0 aromatic heterocycles. The van der Waals surface area contributed by atoms with Crippen LogP contribution in [0.15, 0.2) is 115 Å². The van der Waals surface area contributed by atoms with Gasteiger partial charge in [0.1, 0.15) is 24.5 Å². The third kappa shape index (κ3) is 7.67. The van der Waals surface area contributed by atoms with Gasteiger partial charge in [-0.25, -0.2) is 9.59 Å². The molecule has 0 spiro atoms. The van der Waals surface area contributed by atoms with Gasteiger partial charge in [-0.1, -0.05) is 91.0 Å². The molecule has 4 aromatic rings. The topological polar surface area (TPSA) is 72.8 Å². The zero-order valence-electron chi connectivity index (χ0n) is 18.0. The second-order valence-electron chi connectivity index (χ2n) is 7.01. The summed E-state index contributed by atoms with van der Waals surface area (Å²) in [6, 6.07) is 34.4. The molecule has 0 saturated heterocycles. The predicted molar refractivity (Wildman–Crippen MR) is 126 cm³/mol. The van der Waals surface area contributed by atoms with Gasteiger partial charge in [-0.15, -0.1) is 0 Å². The van der Waals surface area contributed by atoms with E-state index in [1.54, 1.807) is 24.3 Å². The van der Waals surface area contributed by atoms with Crippen LogP contribution >= 0.6 is 0 Å². The van der Waals surface area contributed by atoms with E-state index in [2.05, 4.69) is 0 Å². The van der Waals surface area contributed by atoms with Crippen LogP contribution in [0, 0.1) is 0 Å². The normalized spacial score (nSPS) is 9.82. The first-order valence-corrected chi connectivity index (χ1v) is 10.4. The van der Waals surface area contributed by atoms with Crippen molar-refractivity contribution in [2.24, 2.45) is 0 Å². The number of ether oxygens (including phenoxy) is 2. The molecule has 0 aliphatic rings. The van der Waals surface area contributed by atoms with E-state index in [-0.39, 0.29) is 23.9 Å². The monoisotopic (exact) mass is 440 g/mol. The van der Waals surface area contributed by atoms with Crippen LogP contribution in [0.1, 0.15) is 31.8 Å². The smallest absolute Gasteiger partial charge is 0.342 e. The standard InChI is InChI=1S/C14H12O3.C14H12O2/c15-13-9-5-4-8-12(13)14(16)17-10-11-6-2-1-3-7-11;15-14(13-9-5-2-6-10-13)16-11-12-7-3-1-4-8-12/h1-9,15H,10H2;1-10H,11H2. The fourth-order valence-corrected chi connectivity index (χ4v) is 2.83. The highest BCUT2D eigenvalue weighted by molar-refractivity contribution is 5.92. The van der Waals surface area contributed by atoms with E-state index in [9.17, 15) is 14.7 Å². The Labute approximate surface area is 192 Å². The van der Waals surface area contributed by atoms with Gasteiger partial charge in [0.2, 0.25) is 0 Å². The predicted octanol–water partition coefficient (Wildman–Crippen LogP) is 5.79. The molecule has 166 valence electrons. The molecule has 1 N–H and O–H groups in total. The number of hydrogen-bond donors (Lipinski definition) is 1. The number of esters is 2. The van der Waals surface area contributed by atoms with Gasteiger partial charge >= 0.3 is 11.9 Å². The fourth-order valence-electron chi connectivity index (χ4n) is 2.83. The Bertz CT molecular complexity index is 1140. The number of para-hydroxylation sites is 1. The van der Waals surface area contributed by atoms with Crippen LogP contribution in [-0.4, -0.2) is 17.0 Å². The highest BCUT2D eigenvalue weighted by Crippen LogP contribution is 2.17. The van der Waals surface area contributed by atoms with E-state index in [4.69, 9.17) is 9.47 Å². The van der Waals surface area contributed by atoms with Gasteiger partial charge in [0.25, 0.3) is 0 Å². The second-order valence-corrected chi connectivity index (χ2v) is 7.01. The SMILES string of the molecule is O=C(OCc1ccccc1)c1ccccc1.O=C(OCc1ccccc1)c1ccccc1O. The minimum atomic E-state index is -0.521. The Morgan fingerprint density at radius 2 is 0.970 bits per heavy atom. The minimum absolute atomic E-state index is 0.0643. The summed E-state index contributed by atoms with van der Waals surface area (Å²) in [7, 11) is 0. The van der Waals surface area contributed by atoms with Crippen LogP contribution in [0.25, 0.3) is 0 Å². The van der Waals surface area contributed by atoms with Gasteiger partial charge < -0.3 is 14.6 Å². The molecule has 0 atom stereocenters. The average molecular weight is 440 g/mol. The maximum absolute atomic E-state index is 11.7. The van der Waals surface area contributed by atoms with Crippen LogP contribution in [0.5, 0.6) is 5.75 Å². The van der Waals surface area contributed by atoms with Gasteiger partial charge in [0.05, 0.1) is 5.56 Å². The lowest BCUT2D eigenvalue weighted by Crippen LogP contribution is -2.05. The van der Waals surface area contributed by atoms with E-state index in [1.165, 1.54) is 12.1 Å². The Balaban J connectivity index is 0.000000186. The number of rotatable bonds is 6. The van der Waals surface area contributed by atoms with E-state index >= 15 is 0 Å². The van der Waals surface area contributed by atoms with Gasteiger partial charge in [0, 0.05) is 0 Å². The first kappa shape index (κ1) is 23.3. The van der Waals surface area contributed by atoms with Crippen molar-refractivity contribution < 1.29 is 24.2 Å². The van der Waals surface area contributed by atoms with Crippen LogP contribution in [0.3, 0.4) is 0 Å². The molecule has 0 saturated carbocycles. The van der Waals surface area contributed by atoms with Crippen molar-refractivity contribution in [2.45, 2.75) is 13.2 Å². The van der Waals surface area contributed by atoms with Gasteiger partial charge in [-0.05, 0) is 35.4 Å². The maximum atomic E-state index is 11.7. The molecular formula is C28H24O5. The van der Waals surface area contributed by atoms with Crippen molar-refractivity contribution in [3.8, 4) is 5.75 Å². The highest BCUT2D eigenvalue weighted by atomic mass is 16.5. The number of benzene rings is 4. The lowest BCUT2D eigenvalue weighted by atomic mass is 10.2. The fraction of sp³-hybridized carbons (Fsp3) is 0.0714. The lowest BCUT2D eigenvalue weighted by molar-refractivity contribution is 0.0462. The Kier molecular flexibility index (Phi) is 8.80. The molecule has 4 aromatic carbocycles. The van der Waals surface area contributed by atoms with Crippen molar-refractivity contribution in [1.82, 2.24) is 0 Å². The van der Waals surface area contributed by atoms with Gasteiger partial charge in [-0.2, -0.15) is 0 Å². The molecule has 0 heterocycles. The van der Waals surface area contributed by atoms with Crippen LogP contribution < -0.4 is 0 Å². The third-order valence-electron chi connectivity index (χ3n) is 4.56. The summed E-state index contributed by atoms with van der Waals surface area (Å²) >= 11 is 0. The summed E-state index contributed by atoms with van der Waals surface area (Å²) in [4.78, 5) is 23.3. The summed E-state index contributed by atoms with van der Waals surface area (Å²) in [6.45, 7) is 0.516. The summed E-state index contributed by atoms with van der Waals surface area (Å²) in [5.41, 5.74) is 2.67. The van der Waals surface area contributed by atoms with E-state index < -0.39 is 5.97 Å². The summed E-state index contributed by atoms with van der Waals surface area (Å²) in [5.74, 6) is -0.873. The second kappa shape index (κ2) is 12.5. The van der Waals surface area contributed by atoms with Gasteiger partial charge in [-0.3, -0.25) is 0 Å². The van der Waals surface area contributed by atoms with E-state index in [1.807, 2.05) is 78.9 Å². The lowest BCUT2D eigenvalue weighted by Gasteiger charge is -2.05. The van der Waals surface area contributed by atoms with E-state index in [0.29, 0.717) is 12.2 Å². The number of hydrogen-bond acceptors (Lipinski definition) is 5. The third-order valence-corrected chi connectivity index (χ3v) is 4.56.